The lowest BCUT2D eigenvalue weighted by molar-refractivity contribution is -0.116. The number of nitrogens with zero attached hydrogens (tertiary/aromatic N) is 2. The van der Waals surface area contributed by atoms with Gasteiger partial charge in [0.05, 0.1) is 17.1 Å². The summed E-state index contributed by atoms with van der Waals surface area (Å²) in [5, 5.41) is 3.08. The number of nitrogens with one attached hydrogen (secondary N) is 1. The molecule has 1 N–H and O–H groups in total. The molecule has 0 bridgehead atoms. The summed E-state index contributed by atoms with van der Waals surface area (Å²) in [6.07, 6.45) is 10.9. The summed E-state index contributed by atoms with van der Waals surface area (Å²) in [6.45, 7) is 0. The Hall–Kier alpha value is -3.08. The Balaban J connectivity index is 1.38. The highest BCUT2D eigenvalue weighted by Gasteiger charge is 2.23. The second kappa shape index (κ2) is 10.5. The third-order valence-corrected chi connectivity index (χ3v) is 7.25. The van der Waals surface area contributed by atoms with E-state index in [4.69, 9.17) is 9.97 Å². The molecule has 1 heterocycles. The standard InChI is InChI=1S/C29H32FN3O/c30-23-14-15-24-22(19-23)13-17-25-28(24)31-26(16-11-20-7-3-1-4-8-20)29(32-25)33-27(34)18-12-21-9-5-2-6-10-21/h2,5-6,9-10,14-15,19-20H,1,3-4,7-8,11-13,16-18H2,(H,32,33,34). The fourth-order valence-corrected chi connectivity index (χ4v) is 5.34. The van der Waals surface area contributed by atoms with E-state index in [1.54, 1.807) is 6.07 Å². The van der Waals surface area contributed by atoms with Crippen LogP contribution in [0.1, 0.15) is 67.5 Å². The van der Waals surface area contributed by atoms with Gasteiger partial charge in [-0.05, 0) is 67.3 Å². The summed E-state index contributed by atoms with van der Waals surface area (Å²) >= 11 is 0. The van der Waals surface area contributed by atoms with Crippen molar-refractivity contribution in [3.05, 3.63) is 76.9 Å². The van der Waals surface area contributed by atoms with Crippen LogP contribution in [0.15, 0.2) is 48.5 Å². The summed E-state index contributed by atoms with van der Waals surface area (Å²) in [5.74, 6) is 1.08. The molecule has 0 aliphatic heterocycles. The van der Waals surface area contributed by atoms with E-state index >= 15 is 0 Å². The third kappa shape index (κ3) is 5.35. The zero-order valence-corrected chi connectivity index (χ0v) is 19.7. The highest BCUT2D eigenvalue weighted by atomic mass is 19.1. The zero-order valence-electron chi connectivity index (χ0n) is 19.7. The minimum absolute atomic E-state index is 0.0321. The number of aryl methyl sites for hydroxylation is 4. The molecule has 1 amide bonds. The van der Waals surface area contributed by atoms with Crippen molar-refractivity contribution in [2.75, 3.05) is 5.32 Å². The Morgan fingerprint density at radius 2 is 1.79 bits per heavy atom. The molecule has 5 heteroatoms. The van der Waals surface area contributed by atoms with Crippen molar-refractivity contribution < 1.29 is 9.18 Å². The number of fused-ring (bicyclic) bond motifs is 3. The first-order valence-corrected chi connectivity index (χ1v) is 12.7. The first-order valence-electron chi connectivity index (χ1n) is 12.7. The van der Waals surface area contributed by atoms with Crippen LogP contribution in [0, 0.1) is 11.7 Å². The molecule has 0 unspecified atom stereocenters. The van der Waals surface area contributed by atoms with Crippen molar-refractivity contribution in [3.63, 3.8) is 0 Å². The van der Waals surface area contributed by atoms with Crippen LogP contribution in [0.2, 0.25) is 0 Å². The lowest BCUT2D eigenvalue weighted by Gasteiger charge is -2.23. The van der Waals surface area contributed by atoms with Gasteiger partial charge in [0, 0.05) is 12.0 Å². The van der Waals surface area contributed by atoms with Crippen LogP contribution < -0.4 is 5.32 Å². The molecule has 0 spiro atoms. The third-order valence-electron chi connectivity index (χ3n) is 7.25. The van der Waals surface area contributed by atoms with E-state index in [0.717, 1.165) is 59.0 Å². The minimum atomic E-state index is -0.213. The topological polar surface area (TPSA) is 54.9 Å². The van der Waals surface area contributed by atoms with Gasteiger partial charge in [-0.3, -0.25) is 4.79 Å². The maximum absolute atomic E-state index is 13.8. The molecule has 34 heavy (non-hydrogen) atoms. The summed E-state index contributed by atoms with van der Waals surface area (Å²) in [4.78, 5) is 22.8. The zero-order chi connectivity index (χ0) is 23.3. The molecule has 2 aliphatic carbocycles. The van der Waals surface area contributed by atoms with Gasteiger partial charge in [-0.1, -0.05) is 62.4 Å². The highest BCUT2D eigenvalue weighted by molar-refractivity contribution is 5.90. The SMILES string of the molecule is O=C(CCc1ccccc1)Nc1nc2c(nc1CCC1CCCCC1)-c1ccc(F)cc1CC2. The Labute approximate surface area is 201 Å². The molecule has 4 nitrogen and oxygen atoms in total. The van der Waals surface area contributed by atoms with Crippen molar-refractivity contribution in [1.82, 2.24) is 9.97 Å². The fraction of sp³-hybridized carbons (Fsp3) is 0.414. The molecule has 5 rings (SSSR count). The first kappa shape index (κ1) is 22.7. The monoisotopic (exact) mass is 457 g/mol. The van der Waals surface area contributed by atoms with E-state index in [1.807, 2.05) is 36.4 Å². The van der Waals surface area contributed by atoms with Crippen LogP contribution in [-0.2, 0) is 30.5 Å². The molecular formula is C29H32FN3O. The van der Waals surface area contributed by atoms with E-state index in [1.165, 1.54) is 38.2 Å². The minimum Gasteiger partial charge on any atom is -0.309 e. The fourth-order valence-electron chi connectivity index (χ4n) is 5.34. The molecule has 3 aromatic rings. The van der Waals surface area contributed by atoms with Crippen molar-refractivity contribution in [3.8, 4) is 11.3 Å². The van der Waals surface area contributed by atoms with Crippen LogP contribution in [0.3, 0.4) is 0 Å². The van der Waals surface area contributed by atoms with Crippen LogP contribution in [0.25, 0.3) is 11.3 Å². The molecule has 2 aliphatic rings. The molecule has 2 aromatic carbocycles. The number of hydrogen-bond acceptors (Lipinski definition) is 3. The predicted octanol–water partition coefficient (Wildman–Crippen LogP) is 6.47. The number of carbonyl (C=O) groups is 1. The van der Waals surface area contributed by atoms with Gasteiger partial charge in [0.15, 0.2) is 5.82 Å². The molecule has 176 valence electrons. The van der Waals surface area contributed by atoms with E-state index in [9.17, 15) is 9.18 Å². The van der Waals surface area contributed by atoms with Crippen molar-refractivity contribution in [2.24, 2.45) is 5.92 Å². The second-order valence-corrected chi connectivity index (χ2v) is 9.69. The molecule has 0 radical (unpaired) electrons. The molecule has 0 atom stereocenters. The van der Waals surface area contributed by atoms with Gasteiger partial charge in [0.2, 0.25) is 5.91 Å². The van der Waals surface area contributed by atoms with Crippen molar-refractivity contribution >= 4 is 11.7 Å². The number of amides is 1. The average molecular weight is 458 g/mol. The van der Waals surface area contributed by atoms with Crippen LogP contribution in [0.4, 0.5) is 10.2 Å². The Morgan fingerprint density at radius 3 is 2.62 bits per heavy atom. The van der Waals surface area contributed by atoms with Gasteiger partial charge in [-0.2, -0.15) is 0 Å². The second-order valence-electron chi connectivity index (χ2n) is 9.69. The summed E-state index contributed by atoms with van der Waals surface area (Å²) in [6, 6.07) is 15.0. The number of carbonyl (C=O) groups excluding carboxylic acids is 1. The first-order chi connectivity index (χ1) is 16.7. The Bertz CT molecular complexity index is 1160. The number of halogens is 1. The van der Waals surface area contributed by atoms with Crippen LogP contribution in [-0.4, -0.2) is 15.9 Å². The van der Waals surface area contributed by atoms with Gasteiger partial charge < -0.3 is 5.32 Å². The number of hydrogen-bond donors (Lipinski definition) is 1. The maximum Gasteiger partial charge on any atom is 0.225 e. The lowest BCUT2D eigenvalue weighted by atomic mass is 9.85. The number of benzene rings is 2. The average Bonchev–Trinajstić information content (AvgIpc) is 2.87. The number of rotatable bonds is 7. The largest absolute Gasteiger partial charge is 0.309 e. The van der Waals surface area contributed by atoms with Gasteiger partial charge >= 0.3 is 0 Å². The smallest absolute Gasteiger partial charge is 0.225 e. The van der Waals surface area contributed by atoms with Gasteiger partial charge in [0.1, 0.15) is 5.82 Å². The number of aromatic nitrogens is 2. The van der Waals surface area contributed by atoms with Crippen LogP contribution in [0.5, 0.6) is 0 Å². The van der Waals surface area contributed by atoms with E-state index in [0.29, 0.717) is 25.1 Å². The lowest BCUT2D eigenvalue weighted by Crippen LogP contribution is -2.19. The normalized spacial score (nSPS) is 15.4. The number of anilines is 1. The maximum atomic E-state index is 13.8. The molecule has 1 aromatic heterocycles. The molecule has 0 saturated heterocycles. The Morgan fingerprint density at radius 1 is 0.971 bits per heavy atom. The van der Waals surface area contributed by atoms with Crippen LogP contribution >= 0.6 is 0 Å². The van der Waals surface area contributed by atoms with Crippen molar-refractivity contribution in [1.29, 1.82) is 0 Å². The van der Waals surface area contributed by atoms with Gasteiger partial charge in [-0.25, -0.2) is 14.4 Å². The van der Waals surface area contributed by atoms with Gasteiger partial charge in [0.25, 0.3) is 0 Å². The summed E-state index contributed by atoms with van der Waals surface area (Å²) < 4.78 is 13.8. The quantitative estimate of drug-likeness (QED) is 0.443. The molecule has 1 fully saturated rings. The summed E-state index contributed by atoms with van der Waals surface area (Å²) in [5.41, 5.74) is 5.70. The van der Waals surface area contributed by atoms with E-state index < -0.39 is 0 Å². The highest BCUT2D eigenvalue weighted by Crippen LogP contribution is 2.34. The summed E-state index contributed by atoms with van der Waals surface area (Å²) in [7, 11) is 0. The van der Waals surface area contributed by atoms with Crippen molar-refractivity contribution in [2.45, 2.75) is 70.6 Å². The predicted molar refractivity (Wildman–Crippen MR) is 133 cm³/mol. The molecule has 1 saturated carbocycles. The molecular weight excluding hydrogens is 425 g/mol. The van der Waals surface area contributed by atoms with E-state index in [2.05, 4.69) is 5.32 Å². The Kier molecular flexibility index (Phi) is 6.98. The van der Waals surface area contributed by atoms with Gasteiger partial charge in [-0.15, -0.1) is 0 Å². The van der Waals surface area contributed by atoms with E-state index in [-0.39, 0.29) is 11.7 Å².